The van der Waals surface area contributed by atoms with E-state index in [4.69, 9.17) is 9.15 Å². The summed E-state index contributed by atoms with van der Waals surface area (Å²) < 4.78 is 10.8. The molecule has 1 amide bonds. The van der Waals surface area contributed by atoms with Crippen molar-refractivity contribution in [2.24, 2.45) is 5.10 Å². The number of nitrogens with zero attached hydrogens (tertiary/aromatic N) is 4. The predicted molar refractivity (Wildman–Crippen MR) is 132 cm³/mol. The van der Waals surface area contributed by atoms with Gasteiger partial charge in [0, 0.05) is 6.42 Å². The van der Waals surface area contributed by atoms with Crippen molar-refractivity contribution >= 4 is 40.4 Å². The van der Waals surface area contributed by atoms with Gasteiger partial charge in [-0.05, 0) is 36.8 Å². The molecule has 1 unspecified atom stereocenters. The number of ether oxygens (including phenoxy) is 1. The van der Waals surface area contributed by atoms with Gasteiger partial charge in [0.15, 0.2) is 6.61 Å². The first-order chi connectivity index (χ1) is 17.1. The number of aromatic nitrogens is 2. The lowest BCUT2D eigenvalue weighted by atomic mass is 10.0. The molecule has 0 N–H and O–H groups in total. The van der Waals surface area contributed by atoms with Gasteiger partial charge in [-0.15, -0.1) is 0 Å². The van der Waals surface area contributed by atoms with Crippen LogP contribution >= 0.6 is 11.8 Å². The van der Waals surface area contributed by atoms with Gasteiger partial charge in [-0.1, -0.05) is 53.7 Å². The van der Waals surface area contributed by atoms with E-state index in [1.807, 2.05) is 61.5 Å². The van der Waals surface area contributed by atoms with Gasteiger partial charge in [0.05, 0.1) is 35.0 Å². The second kappa shape index (κ2) is 10.1. The van der Waals surface area contributed by atoms with Gasteiger partial charge in [-0.3, -0.25) is 14.6 Å². The summed E-state index contributed by atoms with van der Waals surface area (Å²) in [6, 6.07) is 18.7. The molecule has 1 atom stereocenters. The number of furan rings is 1. The Balaban J connectivity index is 1.21. The van der Waals surface area contributed by atoms with Crippen LogP contribution in [0.5, 0.6) is 0 Å². The number of hydrogen-bond acceptors (Lipinski definition) is 8. The molecule has 0 spiro atoms. The highest BCUT2D eigenvalue weighted by Gasteiger charge is 2.35. The Bertz CT molecular complexity index is 1390. The number of amides is 1. The number of rotatable bonds is 7. The van der Waals surface area contributed by atoms with Gasteiger partial charge < -0.3 is 9.15 Å². The number of esters is 1. The summed E-state index contributed by atoms with van der Waals surface area (Å²) in [6.07, 6.45) is 3.69. The average molecular weight is 487 g/mol. The number of carbonyl (C=O) groups excluding carboxylic acids is 2. The van der Waals surface area contributed by atoms with E-state index in [9.17, 15) is 9.59 Å². The molecule has 1 aliphatic heterocycles. The van der Waals surface area contributed by atoms with E-state index < -0.39 is 24.5 Å². The summed E-state index contributed by atoms with van der Waals surface area (Å²) in [6.45, 7) is 1.60. The van der Waals surface area contributed by atoms with Crippen molar-refractivity contribution in [2.75, 3.05) is 12.4 Å². The molecule has 0 radical (unpaired) electrons. The zero-order valence-electron chi connectivity index (χ0n) is 19.0. The summed E-state index contributed by atoms with van der Waals surface area (Å²) in [4.78, 5) is 34.1. The minimum atomic E-state index is -0.519. The summed E-state index contributed by atoms with van der Waals surface area (Å²) in [5.41, 5.74) is 4.39. The smallest absolute Gasteiger partial charge is 0.316 e. The third-order valence-electron chi connectivity index (χ3n) is 5.54. The lowest BCUT2D eigenvalue weighted by molar-refractivity contribution is -0.150. The zero-order chi connectivity index (χ0) is 24.2. The molecule has 0 saturated carbocycles. The topological polar surface area (TPSA) is 97.9 Å². The van der Waals surface area contributed by atoms with E-state index in [1.54, 1.807) is 18.5 Å². The Kier molecular flexibility index (Phi) is 6.58. The maximum Gasteiger partial charge on any atom is 0.316 e. The van der Waals surface area contributed by atoms with Crippen molar-refractivity contribution < 1.29 is 18.7 Å². The number of para-hydroxylation sites is 2. The molecule has 9 heteroatoms. The Morgan fingerprint density at radius 3 is 2.66 bits per heavy atom. The Morgan fingerprint density at radius 1 is 1.09 bits per heavy atom. The molecule has 176 valence electrons. The van der Waals surface area contributed by atoms with Crippen LogP contribution in [0.4, 0.5) is 0 Å². The first-order valence-electron chi connectivity index (χ1n) is 11.1. The number of carbonyl (C=O) groups is 2. The van der Waals surface area contributed by atoms with Crippen molar-refractivity contribution in [3.63, 3.8) is 0 Å². The fourth-order valence-electron chi connectivity index (χ4n) is 3.76. The quantitative estimate of drug-likeness (QED) is 0.279. The highest BCUT2D eigenvalue weighted by Crippen LogP contribution is 2.33. The first-order valence-corrected chi connectivity index (χ1v) is 12.1. The maximum atomic E-state index is 13.0. The number of hydrazone groups is 1. The van der Waals surface area contributed by atoms with Gasteiger partial charge >= 0.3 is 5.97 Å². The van der Waals surface area contributed by atoms with Crippen LogP contribution in [0.3, 0.4) is 0 Å². The van der Waals surface area contributed by atoms with Crippen LogP contribution in [0.2, 0.25) is 0 Å². The van der Waals surface area contributed by atoms with Crippen LogP contribution < -0.4 is 0 Å². The fraction of sp³-hybridized carbons (Fsp3) is 0.192. The van der Waals surface area contributed by atoms with E-state index in [2.05, 4.69) is 15.1 Å². The monoisotopic (exact) mass is 486 g/mol. The number of benzene rings is 2. The molecule has 0 bridgehead atoms. The minimum Gasteiger partial charge on any atom is -0.467 e. The van der Waals surface area contributed by atoms with E-state index in [-0.39, 0.29) is 5.75 Å². The van der Waals surface area contributed by atoms with Crippen LogP contribution in [-0.2, 0) is 14.3 Å². The second-order valence-corrected chi connectivity index (χ2v) is 9.03. The molecular formula is C26H22N4O4S. The molecule has 1 aliphatic rings. The molecule has 0 fully saturated rings. The van der Waals surface area contributed by atoms with Crippen molar-refractivity contribution in [2.45, 2.75) is 24.4 Å². The van der Waals surface area contributed by atoms with Crippen LogP contribution in [0.15, 0.2) is 87.7 Å². The lowest BCUT2D eigenvalue weighted by Gasteiger charge is -2.19. The van der Waals surface area contributed by atoms with Crippen molar-refractivity contribution in [3.05, 3.63) is 90.0 Å². The minimum absolute atomic E-state index is 0.0137. The van der Waals surface area contributed by atoms with Crippen molar-refractivity contribution in [3.8, 4) is 0 Å². The largest absolute Gasteiger partial charge is 0.467 e. The molecule has 0 saturated heterocycles. The Morgan fingerprint density at radius 2 is 1.89 bits per heavy atom. The predicted octanol–water partition coefficient (Wildman–Crippen LogP) is 4.54. The van der Waals surface area contributed by atoms with E-state index in [0.29, 0.717) is 17.2 Å². The number of fused-ring (bicyclic) bond motifs is 1. The van der Waals surface area contributed by atoms with Crippen LogP contribution in [0, 0.1) is 6.92 Å². The van der Waals surface area contributed by atoms with Gasteiger partial charge in [0.25, 0.3) is 5.91 Å². The normalized spacial score (nSPS) is 15.3. The summed E-state index contributed by atoms with van der Waals surface area (Å²) in [5.74, 6) is -0.298. The Hall–Kier alpha value is -3.98. The zero-order valence-corrected chi connectivity index (χ0v) is 19.8. The molecule has 35 heavy (non-hydrogen) atoms. The van der Waals surface area contributed by atoms with Crippen molar-refractivity contribution in [1.29, 1.82) is 0 Å². The third-order valence-corrected chi connectivity index (χ3v) is 6.42. The van der Waals surface area contributed by atoms with Crippen LogP contribution in [-0.4, -0.2) is 44.9 Å². The standard InChI is InChI=1S/C26H22N4O4S/c1-17-8-10-18(11-9-17)21-13-22(23-7-4-12-33-23)30(29-21)25(31)15-34-26(32)16-35-24-14-27-19-5-2-3-6-20(19)28-24/h2-12,14,22H,13,15-16H2,1H3. The van der Waals surface area contributed by atoms with E-state index >= 15 is 0 Å². The third kappa shape index (κ3) is 5.25. The highest BCUT2D eigenvalue weighted by molar-refractivity contribution is 7.99. The number of thioether (sulfide) groups is 1. The van der Waals surface area contributed by atoms with Crippen molar-refractivity contribution in [1.82, 2.24) is 15.0 Å². The SMILES string of the molecule is Cc1ccc(C2=NN(C(=O)COC(=O)CSc3cnc4ccccc4n3)C(c3ccco3)C2)cc1. The number of aryl methyl sites for hydroxylation is 1. The number of hydrogen-bond donors (Lipinski definition) is 0. The van der Waals surface area contributed by atoms with Gasteiger partial charge in [-0.25, -0.2) is 9.99 Å². The molecule has 2 aromatic heterocycles. The molecule has 4 aromatic rings. The van der Waals surface area contributed by atoms with Crippen LogP contribution in [0.1, 0.15) is 29.3 Å². The molecule has 2 aromatic carbocycles. The molecule has 0 aliphatic carbocycles. The maximum absolute atomic E-state index is 13.0. The molecular weight excluding hydrogens is 464 g/mol. The van der Waals surface area contributed by atoms with Gasteiger partial charge in [0.2, 0.25) is 0 Å². The fourth-order valence-corrected chi connectivity index (χ4v) is 4.40. The van der Waals surface area contributed by atoms with Crippen LogP contribution in [0.25, 0.3) is 11.0 Å². The Labute approximate surface area is 206 Å². The summed E-state index contributed by atoms with van der Waals surface area (Å²) >= 11 is 1.21. The average Bonchev–Trinajstić information content (AvgIpc) is 3.57. The van der Waals surface area contributed by atoms with E-state index in [1.165, 1.54) is 16.8 Å². The molecule has 3 heterocycles. The lowest BCUT2D eigenvalue weighted by Crippen LogP contribution is -2.31. The van der Waals surface area contributed by atoms with Gasteiger partial charge in [-0.2, -0.15) is 5.10 Å². The highest BCUT2D eigenvalue weighted by atomic mass is 32.2. The molecule has 5 rings (SSSR count). The first kappa shape index (κ1) is 22.8. The second-order valence-electron chi connectivity index (χ2n) is 8.03. The summed E-state index contributed by atoms with van der Waals surface area (Å²) in [5, 5.41) is 6.51. The molecule has 8 nitrogen and oxygen atoms in total. The van der Waals surface area contributed by atoms with Gasteiger partial charge in [0.1, 0.15) is 16.8 Å². The summed E-state index contributed by atoms with van der Waals surface area (Å²) in [7, 11) is 0. The van der Waals surface area contributed by atoms with E-state index in [0.717, 1.165) is 27.9 Å².